The molecule has 0 N–H and O–H groups in total. The summed E-state index contributed by atoms with van der Waals surface area (Å²) in [7, 11) is -1.63. The fourth-order valence-electron chi connectivity index (χ4n) is 1.89. The summed E-state index contributed by atoms with van der Waals surface area (Å²) in [6.45, 7) is 7.03. The van der Waals surface area contributed by atoms with E-state index in [2.05, 4.69) is 20.8 Å². The molecule has 0 saturated carbocycles. The zero-order chi connectivity index (χ0) is 10.6. The lowest BCUT2D eigenvalue weighted by Crippen LogP contribution is -2.41. The van der Waals surface area contributed by atoms with Gasteiger partial charge in [-0.1, -0.05) is 20.8 Å². The molecule has 0 aromatic heterocycles. The predicted molar refractivity (Wildman–Crippen MR) is 57.6 cm³/mol. The number of ether oxygens (including phenoxy) is 1. The van der Waals surface area contributed by atoms with Gasteiger partial charge in [0, 0.05) is 6.42 Å². The van der Waals surface area contributed by atoms with E-state index < -0.39 is 8.32 Å². The zero-order valence-corrected chi connectivity index (χ0v) is 10.3. The van der Waals surface area contributed by atoms with E-state index in [-0.39, 0.29) is 12.1 Å². The summed E-state index contributed by atoms with van der Waals surface area (Å²) in [4.78, 5) is 11.3. The van der Waals surface area contributed by atoms with Crippen molar-refractivity contribution < 1.29 is 14.0 Å². The molecule has 1 rings (SSSR count). The quantitative estimate of drug-likeness (QED) is 0.522. The Hall–Kier alpha value is -0.353. The van der Waals surface area contributed by atoms with Gasteiger partial charge in [-0.3, -0.25) is 0 Å². The summed E-state index contributed by atoms with van der Waals surface area (Å²) in [6, 6.07) is 3.26. The Labute approximate surface area is 86.9 Å². The Morgan fingerprint density at radius 1 is 1.36 bits per heavy atom. The second kappa shape index (κ2) is 4.93. The van der Waals surface area contributed by atoms with E-state index in [4.69, 9.17) is 9.16 Å². The average molecular weight is 216 g/mol. The van der Waals surface area contributed by atoms with Crippen LogP contribution in [0.5, 0.6) is 0 Å². The lowest BCUT2D eigenvalue weighted by Gasteiger charge is -2.29. The number of esters is 1. The monoisotopic (exact) mass is 216 g/mol. The third-order valence-corrected chi connectivity index (χ3v) is 7.86. The predicted octanol–water partition coefficient (Wildman–Crippen LogP) is 2.32. The Balaban J connectivity index is 2.58. The largest absolute Gasteiger partial charge is 0.464 e. The van der Waals surface area contributed by atoms with Crippen LogP contribution in [0.1, 0.15) is 27.2 Å². The number of carbonyl (C=O) groups excluding carboxylic acids is 1. The summed E-state index contributed by atoms with van der Waals surface area (Å²) >= 11 is 0. The molecule has 4 heteroatoms. The maximum atomic E-state index is 11.3. The van der Waals surface area contributed by atoms with Gasteiger partial charge >= 0.3 is 5.97 Å². The van der Waals surface area contributed by atoms with Crippen LogP contribution in [0, 0.1) is 0 Å². The normalized spacial score (nSPS) is 22.5. The molecular weight excluding hydrogens is 196 g/mol. The topological polar surface area (TPSA) is 35.5 Å². The Morgan fingerprint density at radius 3 is 2.29 bits per heavy atom. The van der Waals surface area contributed by atoms with Crippen LogP contribution >= 0.6 is 0 Å². The minimum atomic E-state index is -1.63. The van der Waals surface area contributed by atoms with Gasteiger partial charge in [-0.05, 0) is 18.1 Å². The molecule has 0 radical (unpaired) electrons. The first-order valence-corrected chi connectivity index (χ1v) is 8.05. The van der Waals surface area contributed by atoms with E-state index >= 15 is 0 Å². The highest BCUT2D eigenvalue weighted by molar-refractivity contribution is 6.73. The number of hydrogen-bond donors (Lipinski definition) is 0. The molecule has 1 aliphatic rings. The lowest BCUT2D eigenvalue weighted by atomic mass is 10.3. The van der Waals surface area contributed by atoms with Crippen molar-refractivity contribution in [2.75, 3.05) is 6.61 Å². The molecule has 1 fully saturated rings. The van der Waals surface area contributed by atoms with Crippen molar-refractivity contribution in [3.05, 3.63) is 0 Å². The fraction of sp³-hybridized carbons (Fsp3) is 0.900. The summed E-state index contributed by atoms with van der Waals surface area (Å²) in [6.07, 6.45) is 0.481. The molecule has 1 atom stereocenters. The van der Waals surface area contributed by atoms with Crippen LogP contribution in [0.15, 0.2) is 0 Å². The van der Waals surface area contributed by atoms with Crippen molar-refractivity contribution in [2.24, 2.45) is 0 Å². The van der Waals surface area contributed by atoms with E-state index in [9.17, 15) is 4.79 Å². The smallest absolute Gasteiger partial charge is 0.334 e. The summed E-state index contributed by atoms with van der Waals surface area (Å²) in [5, 5.41) is 0. The number of cyclic esters (lactones) is 1. The third-order valence-electron chi connectivity index (χ3n) is 3.21. The molecule has 1 heterocycles. The van der Waals surface area contributed by atoms with Gasteiger partial charge in [0.1, 0.15) is 6.10 Å². The van der Waals surface area contributed by atoms with Crippen molar-refractivity contribution >= 4 is 14.3 Å². The SMILES string of the molecule is CC[Si](CC)(CC)O[C@H]1CCOC1=O. The molecule has 0 aliphatic carbocycles. The van der Waals surface area contributed by atoms with Gasteiger partial charge in [-0.15, -0.1) is 0 Å². The van der Waals surface area contributed by atoms with Crippen molar-refractivity contribution in [1.29, 1.82) is 0 Å². The molecule has 3 nitrogen and oxygen atoms in total. The van der Waals surface area contributed by atoms with Crippen LogP contribution in [0.2, 0.25) is 18.1 Å². The molecule has 1 saturated heterocycles. The van der Waals surface area contributed by atoms with Crippen molar-refractivity contribution in [1.82, 2.24) is 0 Å². The van der Waals surface area contributed by atoms with Crippen LogP contribution in [-0.2, 0) is 14.0 Å². The number of carbonyl (C=O) groups is 1. The van der Waals surface area contributed by atoms with Gasteiger partial charge in [0.25, 0.3) is 0 Å². The van der Waals surface area contributed by atoms with Crippen LogP contribution in [-0.4, -0.2) is 27.0 Å². The van der Waals surface area contributed by atoms with Crippen LogP contribution in [0.4, 0.5) is 0 Å². The van der Waals surface area contributed by atoms with Gasteiger partial charge in [0.2, 0.25) is 0 Å². The summed E-state index contributed by atoms with van der Waals surface area (Å²) in [5.74, 6) is -0.155. The molecule has 0 unspecified atom stereocenters. The maximum Gasteiger partial charge on any atom is 0.334 e. The molecule has 0 amide bonds. The molecule has 14 heavy (non-hydrogen) atoms. The lowest BCUT2D eigenvalue weighted by molar-refractivity contribution is -0.143. The van der Waals surface area contributed by atoms with Gasteiger partial charge < -0.3 is 9.16 Å². The minimum Gasteiger partial charge on any atom is -0.464 e. The van der Waals surface area contributed by atoms with Gasteiger partial charge in [-0.2, -0.15) is 0 Å². The van der Waals surface area contributed by atoms with Gasteiger partial charge in [0.05, 0.1) is 6.61 Å². The average Bonchev–Trinajstić information content (AvgIpc) is 2.61. The second-order valence-electron chi connectivity index (χ2n) is 3.81. The highest BCUT2D eigenvalue weighted by atomic mass is 28.4. The molecule has 0 aromatic rings. The van der Waals surface area contributed by atoms with Gasteiger partial charge in [-0.25, -0.2) is 4.79 Å². The Bertz CT molecular complexity index is 193. The van der Waals surface area contributed by atoms with E-state index in [1.807, 2.05) is 0 Å². The molecule has 0 spiro atoms. The molecule has 0 bridgehead atoms. The minimum absolute atomic E-state index is 0.155. The molecular formula is C10H20O3Si. The van der Waals surface area contributed by atoms with Crippen LogP contribution in [0.25, 0.3) is 0 Å². The fourth-order valence-corrected chi connectivity index (χ4v) is 4.70. The maximum absolute atomic E-state index is 11.3. The molecule has 82 valence electrons. The first-order chi connectivity index (χ1) is 6.67. The zero-order valence-electron chi connectivity index (χ0n) is 9.34. The Kier molecular flexibility index (Phi) is 4.13. The first kappa shape index (κ1) is 11.7. The van der Waals surface area contributed by atoms with Crippen LogP contribution in [0.3, 0.4) is 0 Å². The van der Waals surface area contributed by atoms with Crippen molar-refractivity contribution in [3.63, 3.8) is 0 Å². The second-order valence-corrected chi connectivity index (χ2v) is 8.53. The number of hydrogen-bond acceptors (Lipinski definition) is 3. The summed E-state index contributed by atoms with van der Waals surface area (Å²) in [5.41, 5.74) is 0. The van der Waals surface area contributed by atoms with E-state index in [0.717, 1.165) is 24.6 Å². The van der Waals surface area contributed by atoms with Crippen LogP contribution < -0.4 is 0 Å². The standard InChI is InChI=1S/C10H20O3Si/c1-4-14(5-2,6-3)13-9-7-8-12-10(9)11/h9H,4-8H2,1-3H3/t9-/m0/s1. The van der Waals surface area contributed by atoms with Gasteiger partial charge in [0.15, 0.2) is 8.32 Å². The Morgan fingerprint density at radius 2 is 1.93 bits per heavy atom. The first-order valence-electron chi connectivity index (χ1n) is 5.52. The van der Waals surface area contributed by atoms with E-state index in [0.29, 0.717) is 6.61 Å². The summed E-state index contributed by atoms with van der Waals surface area (Å²) < 4.78 is 10.9. The molecule has 0 aromatic carbocycles. The van der Waals surface area contributed by atoms with Crippen molar-refractivity contribution in [3.8, 4) is 0 Å². The molecule has 1 aliphatic heterocycles. The highest BCUT2D eigenvalue weighted by Gasteiger charge is 2.37. The van der Waals surface area contributed by atoms with E-state index in [1.165, 1.54) is 0 Å². The van der Waals surface area contributed by atoms with Crippen molar-refractivity contribution in [2.45, 2.75) is 51.4 Å². The van der Waals surface area contributed by atoms with E-state index in [1.54, 1.807) is 0 Å². The highest BCUT2D eigenvalue weighted by Crippen LogP contribution is 2.26. The number of rotatable bonds is 5. The third kappa shape index (κ3) is 2.36.